The van der Waals surface area contributed by atoms with Crippen LogP contribution in [0.25, 0.3) is 0 Å². The second kappa shape index (κ2) is 5.47. The lowest BCUT2D eigenvalue weighted by Crippen LogP contribution is -2.22. The van der Waals surface area contributed by atoms with Gasteiger partial charge in [-0.05, 0) is 11.6 Å². The number of benzene rings is 1. The highest BCUT2D eigenvalue weighted by Gasteiger charge is 2.16. The van der Waals surface area contributed by atoms with E-state index in [-0.39, 0.29) is 6.04 Å². The van der Waals surface area contributed by atoms with Gasteiger partial charge in [0.2, 0.25) is 0 Å². The van der Waals surface area contributed by atoms with Crippen molar-refractivity contribution in [2.45, 2.75) is 19.4 Å². The van der Waals surface area contributed by atoms with Gasteiger partial charge in [-0.2, -0.15) is 0 Å². The zero-order chi connectivity index (χ0) is 12.3. The van der Waals surface area contributed by atoms with Crippen LogP contribution in [0.1, 0.15) is 24.4 Å². The van der Waals surface area contributed by atoms with Gasteiger partial charge < -0.3 is 10.3 Å². The highest BCUT2D eigenvalue weighted by molar-refractivity contribution is 9.10. The summed E-state index contributed by atoms with van der Waals surface area (Å²) < 4.78 is 3.24. The predicted molar refractivity (Wildman–Crippen MR) is 72.9 cm³/mol. The van der Waals surface area contributed by atoms with E-state index in [1.807, 2.05) is 30.6 Å². The minimum Gasteiger partial charge on any atom is -0.328 e. The highest BCUT2D eigenvalue weighted by Crippen LogP contribution is 2.26. The number of aryl methyl sites for hydroxylation is 1. The molecular weight excluding hydrogens is 278 g/mol. The number of rotatable bonds is 4. The maximum Gasteiger partial charge on any atom is 0.108 e. The fourth-order valence-electron chi connectivity index (χ4n) is 2.04. The average molecular weight is 294 g/mol. The Morgan fingerprint density at radius 2 is 2.18 bits per heavy atom. The summed E-state index contributed by atoms with van der Waals surface area (Å²) >= 11 is 3.58. The zero-order valence-corrected chi connectivity index (χ0v) is 11.4. The standard InChI is InChI=1S/C13H16BrN3/c1-2-13-16-7-8-17(13)12(9-15)10-5-3-4-6-11(10)14/h3-8,12H,2,9,15H2,1H3. The minimum absolute atomic E-state index is 0.142. The summed E-state index contributed by atoms with van der Waals surface area (Å²) in [5.41, 5.74) is 7.12. The Kier molecular flexibility index (Phi) is 3.97. The first-order valence-corrected chi connectivity index (χ1v) is 6.53. The molecule has 2 rings (SSSR count). The molecule has 0 fully saturated rings. The Labute approximate surface area is 110 Å². The summed E-state index contributed by atoms with van der Waals surface area (Å²) in [6.45, 7) is 2.67. The van der Waals surface area contributed by atoms with Crippen LogP contribution in [0.3, 0.4) is 0 Å². The number of halogens is 1. The molecule has 0 aliphatic rings. The third-order valence-electron chi connectivity index (χ3n) is 2.89. The monoisotopic (exact) mass is 293 g/mol. The quantitative estimate of drug-likeness (QED) is 0.942. The maximum absolute atomic E-state index is 5.92. The van der Waals surface area contributed by atoms with Gasteiger partial charge in [0.25, 0.3) is 0 Å². The largest absolute Gasteiger partial charge is 0.328 e. The molecule has 0 amide bonds. The number of nitrogens with zero attached hydrogens (tertiary/aromatic N) is 2. The predicted octanol–water partition coefficient (Wildman–Crippen LogP) is 2.76. The summed E-state index contributed by atoms with van der Waals surface area (Å²) in [5, 5.41) is 0. The Morgan fingerprint density at radius 1 is 1.41 bits per heavy atom. The lowest BCUT2D eigenvalue weighted by atomic mass is 10.1. The van der Waals surface area contributed by atoms with Crippen molar-refractivity contribution in [2.75, 3.05) is 6.54 Å². The van der Waals surface area contributed by atoms with Crippen LogP contribution >= 0.6 is 15.9 Å². The van der Waals surface area contributed by atoms with E-state index < -0.39 is 0 Å². The number of nitrogens with two attached hydrogens (primary N) is 1. The third-order valence-corrected chi connectivity index (χ3v) is 3.61. The van der Waals surface area contributed by atoms with E-state index in [1.165, 1.54) is 5.56 Å². The molecule has 1 heterocycles. The number of aromatic nitrogens is 2. The van der Waals surface area contributed by atoms with E-state index in [4.69, 9.17) is 5.73 Å². The first kappa shape index (κ1) is 12.3. The van der Waals surface area contributed by atoms with Crippen molar-refractivity contribution in [2.24, 2.45) is 5.73 Å². The van der Waals surface area contributed by atoms with Crippen LogP contribution < -0.4 is 5.73 Å². The van der Waals surface area contributed by atoms with Gasteiger partial charge in [0.1, 0.15) is 5.82 Å². The van der Waals surface area contributed by atoms with E-state index in [2.05, 4.69) is 38.5 Å². The molecule has 1 aromatic carbocycles. The normalized spacial score (nSPS) is 12.6. The summed E-state index contributed by atoms with van der Waals surface area (Å²) in [7, 11) is 0. The minimum atomic E-state index is 0.142. The molecule has 0 aliphatic carbocycles. The lowest BCUT2D eigenvalue weighted by molar-refractivity contribution is 0.566. The molecule has 17 heavy (non-hydrogen) atoms. The van der Waals surface area contributed by atoms with Gasteiger partial charge in [0, 0.05) is 29.8 Å². The van der Waals surface area contributed by atoms with Gasteiger partial charge >= 0.3 is 0 Å². The topological polar surface area (TPSA) is 43.8 Å². The van der Waals surface area contributed by atoms with Crippen LogP contribution in [0.15, 0.2) is 41.1 Å². The van der Waals surface area contributed by atoms with Crippen LogP contribution in [-0.2, 0) is 6.42 Å². The molecular formula is C13H16BrN3. The Morgan fingerprint density at radius 3 is 2.82 bits per heavy atom. The fraction of sp³-hybridized carbons (Fsp3) is 0.308. The lowest BCUT2D eigenvalue weighted by Gasteiger charge is -2.20. The first-order valence-electron chi connectivity index (χ1n) is 5.74. The van der Waals surface area contributed by atoms with Crippen molar-refractivity contribution < 1.29 is 0 Å². The summed E-state index contributed by atoms with van der Waals surface area (Å²) in [4.78, 5) is 4.35. The third kappa shape index (κ3) is 2.42. The number of imidazole rings is 1. The van der Waals surface area contributed by atoms with Gasteiger partial charge in [-0.3, -0.25) is 0 Å². The Bertz CT molecular complexity index is 493. The second-order valence-electron chi connectivity index (χ2n) is 3.88. The molecule has 0 spiro atoms. The zero-order valence-electron chi connectivity index (χ0n) is 9.81. The fourth-order valence-corrected chi connectivity index (χ4v) is 2.59. The van der Waals surface area contributed by atoms with E-state index in [1.54, 1.807) is 0 Å². The van der Waals surface area contributed by atoms with Crippen LogP contribution in [0.2, 0.25) is 0 Å². The second-order valence-corrected chi connectivity index (χ2v) is 4.73. The van der Waals surface area contributed by atoms with Crippen molar-refractivity contribution >= 4 is 15.9 Å². The number of hydrogen-bond acceptors (Lipinski definition) is 2. The van der Waals surface area contributed by atoms with Crippen LogP contribution in [0, 0.1) is 0 Å². The van der Waals surface area contributed by atoms with E-state index in [0.717, 1.165) is 16.7 Å². The molecule has 90 valence electrons. The van der Waals surface area contributed by atoms with Crippen LogP contribution in [0.4, 0.5) is 0 Å². The van der Waals surface area contributed by atoms with Gasteiger partial charge in [-0.25, -0.2) is 4.98 Å². The van der Waals surface area contributed by atoms with Crippen molar-refractivity contribution in [3.63, 3.8) is 0 Å². The Hall–Kier alpha value is -1.13. The van der Waals surface area contributed by atoms with Crippen molar-refractivity contribution in [1.82, 2.24) is 9.55 Å². The molecule has 2 aromatic rings. The molecule has 1 aromatic heterocycles. The number of hydrogen-bond donors (Lipinski definition) is 1. The van der Waals surface area contributed by atoms with E-state index >= 15 is 0 Å². The highest BCUT2D eigenvalue weighted by atomic mass is 79.9. The molecule has 1 atom stereocenters. The van der Waals surface area contributed by atoms with Crippen molar-refractivity contribution in [1.29, 1.82) is 0 Å². The van der Waals surface area contributed by atoms with Gasteiger partial charge in [0.05, 0.1) is 6.04 Å². The van der Waals surface area contributed by atoms with Gasteiger partial charge in [0.15, 0.2) is 0 Å². The molecule has 0 radical (unpaired) electrons. The van der Waals surface area contributed by atoms with Gasteiger partial charge in [-0.1, -0.05) is 41.1 Å². The molecule has 2 N–H and O–H groups in total. The van der Waals surface area contributed by atoms with E-state index in [9.17, 15) is 0 Å². The molecule has 4 heteroatoms. The Balaban J connectivity index is 2.44. The average Bonchev–Trinajstić information content (AvgIpc) is 2.81. The first-order chi connectivity index (χ1) is 8.27. The van der Waals surface area contributed by atoms with Crippen LogP contribution in [0.5, 0.6) is 0 Å². The molecule has 0 saturated carbocycles. The molecule has 0 aliphatic heterocycles. The summed E-state index contributed by atoms with van der Waals surface area (Å²) in [6.07, 6.45) is 4.74. The SMILES string of the molecule is CCc1nccn1C(CN)c1ccccc1Br. The van der Waals surface area contributed by atoms with Crippen molar-refractivity contribution in [3.05, 3.63) is 52.5 Å². The molecule has 1 unspecified atom stereocenters. The summed E-state index contributed by atoms with van der Waals surface area (Å²) in [6, 6.07) is 8.32. The molecule has 0 bridgehead atoms. The van der Waals surface area contributed by atoms with E-state index in [0.29, 0.717) is 6.54 Å². The summed E-state index contributed by atoms with van der Waals surface area (Å²) in [5.74, 6) is 1.07. The maximum atomic E-state index is 5.92. The van der Waals surface area contributed by atoms with Crippen molar-refractivity contribution in [3.8, 4) is 0 Å². The smallest absolute Gasteiger partial charge is 0.108 e. The molecule has 3 nitrogen and oxygen atoms in total. The van der Waals surface area contributed by atoms with Crippen LogP contribution in [-0.4, -0.2) is 16.1 Å². The van der Waals surface area contributed by atoms with Gasteiger partial charge in [-0.15, -0.1) is 0 Å². The molecule has 0 saturated heterocycles.